The standard InChI is InChI=1S/C16H27NO3S/c1-12-5-8-17(9-6-12)21(19,20)11-16-7-4-13(10-14(16)18)15(16,2)3/h12-13H,4-11H2,1-3H3/t13-,16+/m0/s1. The molecule has 120 valence electrons. The number of ketones is 1. The van der Waals surface area contributed by atoms with Crippen LogP contribution >= 0.6 is 0 Å². The quantitative estimate of drug-likeness (QED) is 0.804. The fourth-order valence-electron chi connectivity index (χ4n) is 4.77. The molecule has 3 rings (SSSR count). The lowest BCUT2D eigenvalue weighted by Gasteiger charge is -2.38. The van der Waals surface area contributed by atoms with E-state index >= 15 is 0 Å². The average Bonchev–Trinajstić information content (AvgIpc) is 2.72. The molecule has 21 heavy (non-hydrogen) atoms. The number of carbonyl (C=O) groups is 1. The number of carbonyl (C=O) groups excluding carboxylic acids is 1. The molecule has 0 unspecified atom stereocenters. The Bertz CT molecular complexity index is 546. The first-order valence-electron chi connectivity index (χ1n) is 8.20. The molecular weight excluding hydrogens is 286 g/mol. The lowest BCUT2D eigenvalue weighted by atomic mass is 9.70. The molecule has 0 aromatic heterocycles. The highest BCUT2D eigenvalue weighted by Gasteiger charge is 2.65. The molecule has 2 atom stereocenters. The lowest BCUT2D eigenvalue weighted by molar-refractivity contribution is -0.128. The van der Waals surface area contributed by atoms with Gasteiger partial charge in [0.25, 0.3) is 0 Å². The van der Waals surface area contributed by atoms with E-state index in [4.69, 9.17) is 0 Å². The number of fused-ring (bicyclic) bond motifs is 2. The van der Waals surface area contributed by atoms with Crippen LogP contribution in [-0.2, 0) is 14.8 Å². The summed E-state index contributed by atoms with van der Waals surface area (Å²) in [5.74, 6) is 1.21. The number of hydrogen-bond acceptors (Lipinski definition) is 3. The molecule has 0 N–H and O–H groups in total. The molecule has 1 aliphatic heterocycles. The minimum Gasteiger partial charge on any atom is -0.299 e. The number of piperidine rings is 1. The van der Waals surface area contributed by atoms with Gasteiger partial charge < -0.3 is 0 Å². The predicted octanol–water partition coefficient (Wildman–Crippen LogP) is 2.44. The van der Waals surface area contributed by atoms with Gasteiger partial charge in [0.2, 0.25) is 10.0 Å². The Morgan fingerprint density at radius 2 is 1.81 bits per heavy atom. The van der Waals surface area contributed by atoms with Gasteiger partial charge in [0.1, 0.15) is 5.78 Å². The van der Waals surface area contributed by atoms with Crippen LogP contribution in [0.3, 0.4) is 0 Å². The molecule has 3 aliphatic rings. The molecule has 5 heteroatoms. The number of rotatable bonds is 3. The highest BCUT2D eigenvalue weighted by atomic mass is 32.2. The minimum absolute atomic E-state index is 0.0384. The highest BCUT2D eigenvalue weighted by Crippen LogP contribution is 2.64. The summed E-state index contributed by atoms with van der Waals surface area (Å²) in [5, 5.41) is 0. The monoisotopic (exact) mass is 313 g/mol. The van der Waals surface area contributed by atoms with Gasteiger partial charge >= 0.3 is 0 Å². The van der Waals surface area contributed by atoms with Crippen LogP contribution in [0, 0.1) is 22.7 Å². The third kappa shape index (κ3) is 2.19. The van der Waals surface area contributed by atoms with Crippen LogP contribution in [0.1, 0.15) is 52.9 Å². The van der Waals surface area contributed by atoms with Crippen LogP contribution in [0.15, 0.2) is 0 Å². The first-order chi connectivity index (χ1) is 9.69. The zero-order valence-electron chi connectivity index (χ0n) is 13.4. The smallest absolute Gasteiger partial charge is 0.215 e. The van der Waals surface area contributed by atoms with Crippen molar-refractivity contribution in [1.82, 2.24) is 4.31 Å². The van der Waals surface area contributed by atoms with Gasteiger partial charge in [-0.05, 0) is 42.9 Å². The van der Waals surface area contributed by atoms with Gasteiger partial charge in [0.05, 0.1) is 5.75 Å². The Hall–Kier alpha value is -0.420. The fraction of sp³-hybridized carbons (Fsp3) is 0.938. The average molecular weight is 313 g/mol. The van der Waals surface area contributed by atoms with E-state index in [0.29, 0.717) is 31.3 Å². The third-order valence-corrected chi connectivity index (χ3v) is 8.71. The van der Waals surface area contributed by atoms with Gasteiger partial charge in [-0.25, -0.2) is 12.7 Å². The minimum atomic E-state index is -3.33. The van der Waals surface area contributed by atoms with E-state index in [1.54, 1.807) is 4.31 Å². The van der Waals surface area contributed by atoms with Crippen molar-refractivity contribution in [2.75, 3.05) is 18.8 Å². The van der Waals surface area contributed by atoms with Crippen LogP contribution in [-0.4, -0.2) is 37.3 Å². The molecule has 1 saturated heterocycles. The maximum Gasteiger partial charge on any atom is 0.215 e. The first kappa shape index (κ1) is 15.5. The normalized spacial score (nSPS) is 37.3. The van der Waals surface area contributed by atoms with E-state index < -0.39 is 15.4 Å². The number of sulfonamides is 1. The molecule has 4 nitrogen and oxygen atoms in total. The van der Waals surface area contributed by atoms with Crippen molar-refractivity contribution < 1.29 is 13.2 Å². The van der Waals surface area contributed by atoms with Crippen molar-refractivity contribution in [1.29, 1.82) is 0 Å². The van der Waals surface area contributed by atoms with E-state index in [9.17, 15) is 13.2 Å². The molecule has 0 aromatic rings. The second kappa shape index (κ2) is 4.79. The van der Waals surface area contributed by atoms with E-state index in [1.165, 1.54) is 0 Å². The van der Waals surface area contributed by atoms with Gasteiger partial charge in [-0.15, -0.1) is 0 Å². The summed E-state index contributed by atoms with van der Waals surface area (Å²) in [6.07, 6.45) is 4.22. The molecule has 2 saturated carbocycles. The molecule has 2 aliphatic carbocycles. The summed E-state index contributed by atoms with van der Waals surface area (Å²) in [7, 11) is -3.33. The second-order valence-corrected chi connectivity index (χ2v) is 9.97. The second-order valence-electron chi connectivity index (χ2n) is 8.00. The van der Waals surface area contributed by atoms with Crippen molar-refractivity contribution >= 4 is 15.8 Å². The summed E-state index contributed by atoms with van der Waals surface area (Å²) in [5.41, 5.74) is -0.792. The highest BCUT2D eigenvalue weighted by molar-refractivity contribution is 7.89. The molecule has 0 amide bonds. The Labute approximate surface area is 128 Å². The zero-order valence-corrected chi connectivity index (χ0v) is 14.2. The van der Waals surface area contributed by atoms with Gasteiger partial charge in [0, 0.05) is 24.9 Å². The van der Waals surface area contributed by atoms with Crippen LogP contribution in [0.5, 0.6) is 0 Å². The molecule has 0 aromatic carbocycles. The van der Waals surface area contributed by atoms with E-state index in [-0.39, 0.29) is 17.0 Å². The Kier molecular flexibility index (Phi) is 3.53. The molecule has 1 heterocycles. The molecule has 2 bridgehead atoms. The fourth-order valence-corrected chi connectivity index (χ4v) is 7.02. The number of hydrogen-bond donors (Lipinski definition) is 0. The van der Waals surface area contributed by atoms with E-state index in [2.05, 4.69) is 20.8 Å². The lowest BCUT2D eigenvalue weighted by Crippen LogP contribution is -2.48. The molecule has 3 fully saturated rings. The molecule has 0 radical (unpaired) electrons. The van der Waals surface area contributed by atoms with Crippen molar-refractivity contribution in [3.8, 4) is 0 Å². The van der Waals surface area contributed by atoms with Gasteiger partial charge in [-0.1, -0.05) is 20.8 Å². The van der Waals surface area contributed by atoms with Crippen molar-refractivity contribution in [3.05, 3.63) is 0 Å². The van der Waals surface area contributed by atoms with E-state index in [1.807, 2.05) is 0 Å². The van der Waals surface area contributed by atoms with Crippen molar-refractivity contribution in [2.24, 2.45) is 22.7 Å². The Morgan fingerprint density at radius 1 is 1.19 bits per heavy atom. The van der Waals surface area contributed by atoms with Crippen LogP contribution < -0.4 is 0 Å². The number of nitrogens with zero attached hydrogens (tertiary/aromatic N) is 1. The van der Waals surface area contributed by atoms with Crippen molar-refractivity contribution in [2.45, 2.75) is 52.9 Å². The topological polar surface area (TPSA) is 54.5 Å². The van der Waals surface area contributed by atoms with E-state index in [0.717, 1.165) is 25.7 Å². The zero-order chi connectivity index (χ0) is 15.5. The SMILES string of the molecule is CC1CCN(S(=O)(=O)C[C@]23CC[C@@H](CC2=O)C3(C)C)CC1. The first-order valence-corrected chi connectivity index (χ1v) is 9.81. The van der Waals surface area contributed by atoms with Crippen molar-refractivity contribution in [3.63, 3.8) is 0 Å². The largest absolute Gasteiger partial charge is 0.299 e. The summed E-state index contributed by atoms with van der Waals surface area (Å²) < 4.78 is 27.3. The summed E-state index contributed by atoms with van der Waals surface area (Å²) >= 11 is 0. The van der Waals surface area contributed by atoms with Gasteiger partial charge in [-0.3, -0.25) is 4.79 Å². The Morgan fingerprint density at radius 3 is 2.29 bits per heavy atom. The Balaban J connectivity index is 1.83. The summed E-state index contributed by atoms with van der Waals surface area (Å²) in [4.78, 5) is 12.5. The maximum absolute atomic E-state index is 12.8. The number of Topliss-reactive ketones (excluding diaryl/α,β-unsaturated/α-hetero) is 1. The third-order valence-electron chi connectivity index (χ3n) is 6.70. The van der Waals surface area contributed by atoms with Gasteiger partial charge in [0.15, 0.2) is 0 Å². The molecular formula is C16H27NO3S. The van der Waals surface area contributed by atoms with Crippen LogP contribution in [0.25, 0.3) is 0 Å². The summed E-state index contributed by atoms with van der Waals surface area (Å²) in [6.45, 7) is 7.62. The van der Waals surface area contributed by atoms with Crippen LogP contribution in [0.2, 0.25) is 0 Å². The summed E-state index contributed by atoms with van der Waals surface area (Å²) in [6, 6.07) is 0. The van der Waals surface area contributed by atoms with Crippen LogP contribution in [0.4, 0.5) is 0 Å². The van der Waals surface area contributed by atoms with Gasteiger partial charge in [-0.2, -0.15) is 0 Å². The maximum atomic E-state index is 12.8. The molecule has 0 spiro atoms. The predicted molar refractivity (Wildman–Crippen MR) is 82.3 cm³/mol.